The maximum atomic E-state index is 11.7. The normalized spacial score (nSPS) is 20.4. The molecule has 5 heteroatoms. The summed E-state index contributed by atoms with van der Waals surface area (Å²) in [7, 11) is 0. The maximum Gasteiger partial charge on any atom is 0.310 e. The van der Waals surface area contributed by atoms with Crippen molar-refractivity contribution in [2.45, 2.75) is 26.7 Å². The maximum absolute atomic E-state index is 11.7. The number of anilines is 1. The molecule has 1 fully saturated rings. The van der Waals surface area contributed by atoms with E-state index in [4.69, 9.17) is 4.74 Å². The molecule has 1 unspecified atom stereocenters. The number of thiazole rings is 1. The second-order valence-corrected chi connectivity index (χ2v) is 5.15. The molecule has 17 heavy (non-hydrogen) atoms. The Morgan fingerprint density at radius 2 is 2.53 bits per heavy atom. The van der Waals surface area contributed by atoms with E-state index in [9.17, 15) is 4.79 Å². The van der Waals surface area contributed by atoms with Crippen LogP contribution >= 0.6 is 11.3 Å². The summed E-state index contributed by atoms with van der Waals surface area (Å²) in [4.78, 5) is 18.4. The molecular weight excluding hydrogens is 236 g/mol. The average molecular weight is 254 g/mol. The molecule has 0 amide bonds. The van der Waals surface area contributed by atoms with Crippen LogP contribution in [0.4, 0.5) is 5.13 Å². The molecule has 0 saturated carbocycles. The third-order valence-electron chi connectivity index (χ3n) is 2.92. The quantitative estimate of drug-likeness (QED) is 0.776. The zero-order valence-corrected chi connectivity index (χ0v) is 11.1. The van der Waals surface area contributed by atoms with Gasteiger partial charge in [-0.1, -0.05) is 0 Å². The molecule has 2 heterocycles. The summed E-state index contributed by atoms with van der Waals surface area (Å²) in [5, 5.41) is 3.07. The standard InChI is InChI=1S/C12H18N2O2S/c1-3-16-11(15)10-5-4-6-14(7-10)12-13-9(2)8-17-12/h8,10H,3-7H2,1-2H3. The highest BCUT2D eigenvalue weighted by atomic mass is 32.1. The Balaban J connectivity index is 1.99. The fraction of sp³-hybridized carbons (Fsp3) is 0.667. The predicted molar refractivity (Wildman–Crippen MR) is 68.4 cm³/mol. The van der Waals surface area contributed by atoms with Crippen molar-refractivity contribution in [3.05, 3.63) is 11.1 Å². The molecule has 0 spiro atoms. The molecule has 1 aromatic heterocycles. The van der Waals surface area contributed by atoms with Gasteiger partial charge >= 0.3 is 5.97 Å². The van der Waals surface area contributed by atoms with Gasteiger partial charge in [0, 0.05) is 18.5 Å². The van der Waals surface area contributed by atoms with Crippen molar-refractivity contribution in [3.63, 3.8) is 0 Å². The van der Waals surface area contributed by atoms with E-state index in [0.717, 1.165) is 36.8 Å². The monoisotopic (exact) mass is 254 g/mol. The number of rotatable bonds is 3. The van der Waals surface area contributed by atoms with Crippen LogP contribution in [0.3, 0.4) is 0 Å². The van der Waals surface area contributed by atoms with Gasteiger partial charge < -0.3 is 9.64 Å². The molecule has 1 aliphatic heterocycles. The largest absolute Gasteiger partial charge is 0.466 e. The number of aryl methyl sites for hydroxylation is 1. The Morgan fingerprint density at radius 1 is 1.71 bits per heavy atom. The first-order chi connectivity index (χ1) is 8.20. The number of aromatic nitrogens is 1. The molecule has 0 aromatic carbocycles. The number of carbonyl (C=O) groups is 1. The fourth-order valence-electron chi connectivity index (χ4n) is 2.09. The lowest BCUT2D eigenvalue weighted by atomic mass is 9.99. The summed E-state index contributed by atoms with van der Waals surface area (Å²) in [6, 6.07) is 0. The number of esters is 1. The van der Waals surface area contributed by atoms with Gasteiger partial charge in [0.25, 0.3) is 0 Å². The number of piperidine rings is 1. The molecule has 4 nitrogen and oxygen atoms in total. The molecule has 2 rings (SSSR count). The minimum atomic E-state index is -0.0644. The second kappa shape index (κ2) is 5.49. The summed E-state index contributed by atoms with van der Waals surface area (Å²) >= 11 is 1.65. The number of hydrogen-bond acceptors (Lipinski definition) is 5. The third-order valence-corrected chi connectivity index (χ3v) is 3.94. The van der Waals surface area contributed by atoms with Crippen LogP contribution in [0, 0.1) is 12.8 Å². The van der Waals surface area contributed by atoms with Crippen molar-refractivity contribution >= 4 is 22.4 Å². The van der Waals surface area contributed by atoms with E-state index in [2.05, 4.69) is 9.88 Å². The average Bonchev–Trinajstić information content (AvgIpc) is 2.76. The highest BCUT2D eigenvalue weighted by Gasteiger charge is 2.27. The lowest BCUT2D eigenvalue weighted by Gasteiger charge is -2.31. The van der Waals surface area contributed by atoms with Crippen molar-refractivity contribution in [3.8, 4) is 0 Å². The van der Waals surface area contributed by atoms with E-state index >= 15 is 0 Å². The molecule has 1 atom stereocenters. The Bertz CT molecular complexity index is 392. The van der Waals surface area contributed by atoms with Gasteiger partial charge in [-0.15, -0.1) is 11.3 Å². The van der Waals surface area contributed by atoms with Gasteiger partial charge in [-0.3, -0.25) is 4.79 Å². The van der Waals surface area contributed by atoms with Gasteiger partial charge in [0.2, 0.25) is 0 Å². The van der Waals surface area contributed by atoms with Crippen LogP contribution in [-0.4, -0.2) is 30.6 Å². The molecule has 0 N–H and O–H groups in total. The van der Waals surface area contributed by atoms with Crippen LogP contribution in [0.2, 0.25) is 0 Å². The highest BCUT2D eigenvalue weighted by molar-refractivity contribution is 7.13. The summed E-state index contributed by atoms with van der Waals surface area (Å²) < 4.78 is 5.09. The molecule has 1 saturated heterocycles. The Morgan fingerprint density at radius 3 is 3.18 bits per heavy atom. The van der Waals surface area contributed by atoms with Gasteiger partial charge in [-0.2, -0.15) is 0 Å². The summed E-state index contributed by atoms with van der Waals surface area (Å²) in [5.74, 6) is -0.0571. The first kappa shape index (κ1) is 12.4. The Labute approximate surface area is 106 Å². The molecular formula is C12H18N2O2S. The van der Waals surface area contributed by atoms with Gasteiger partial charge in [-0.05, 0) is 26.7 Å². The van der Waals surface area contributed by atoms with Crippen molar-refractivity contribution in [1.82, 2.24) is 4.98 Å². The number of ether oxygens (including phenoxy) is 1. The molecule has 1 aromatic rings. The number of carbonyl (C=O) groups excluding carboxylic acids is 1. The topological polar surface area (TPSA) is 42.4 Å². The minimum absolute atomic E-state index is 0.00732. The summed E-state index contributed by atoms with van der Waals surface area (Å²) in [6.45, 7) is 6.04. The van der Waals surface area contributed by atoms with Crippen molar-refractivity contribution < 1.29 is 9.53 Å². The zero-order valence-electron chi connectivity index (χ0n) is 10.3. The first-order valence-electron chi connectivity index (χ1n) is 6.04. The first-order valence-corrected chi connectivity index (χ1v) is 6.92. The van der Waals surface area contributed by atoms with Crippen LogP contribution in [0.1, 0.15) is 25.5 Å². The van der Waals surface area contributed by atoms with E-state index in [1.165, 1.54) is 0 Å². The summed E-state index contributed by atoms with van der Waals surface area (Å²) in [6.07, 6.45) is 1.96. The highest BCUT2D eigenvalue weighted by Crippen LogP contribution is 2.26. The van der Waals surface area contributed by atoms with Crippen molar-refractivity contribution in [1.29, 1.82) is 0 Å². The van der Waals surface area contributed by atoms with Crippen molar-refractivity contribution in [2.75, 3.05) is 24.6 Å². The molecule has 1 aliphatic rings. The smallest absolute Gasteiger partial charge is 0.310 e. The lowest BCUT2D eigenvalue weighted by molar-refractivity contribution is -0.148. The fourth-order valence-corrected chi connectivity index (χ4v) is 2.93. The van der Waals surface area contributed by atoms with E-state index in [1.807, 2.05) is 19.2 Å². The Kier molecular flexibility index (Phi) is 3.99. The van der Waals surface area contributed by atoms with Gasteiger partial charge in [0.05, 0.1) is 18.2 Å². The van der Waals surface area contributed by atoms with Gasteiger partial charge in [0.1, 0.15) is 0 Å². The molecule has 94 valence electrons. The van der Waals surface area contributed by atoms with Crippen LogP contribution in [0.25, 0.3) is 0 Å². The lowest BCUT2D eigenvalue weighted by Crippen LogP contribution is -2.39. The molecule has 0 radical (unpaired) electrons. The third kappa shape index (κ3) is 2.97. The van der Waals surface area contributed by atoms with Crippen LogP contribution in [-0.2, 0) is 9.53 Å². The zero-order chi connectivity index (χ0) is 12.3. The van der Waals surface area contributed by atoms with E-state index in [-0.39, 0.29) is 11.9 Å². The van der Waals surface area contributed by atoms with Crippen LogP contribution < -0.4 is 4.90 Å². The molecule has 0 aliphatic carbocycles. The van der Waals surface area contributed by atoms with Crippen LogP contribution in [0.5, 0.6) is 0 Å². The predicted octanol–water partition coefficient (Wildman–Crippen LogP) is 2.23. The molecule has 0 bridgehead atoms. The van der Waals surface area contributed by atoms with E-state index in [1.54, 1.807) is 11.3 Å². The van der Waals surface area contributed by atoms with Crippen molar-refractivity contribution in [2.24, 2.45) is 5.92 Å². The Hall–Kier alpha value is -1.10. The van der Waals surface area contributed by atoms with Gasteiger partial charge in [0.15, 0.2) is 5.13 Å². The summed E-state index contributed by atoms with van der Waals surface area (Å²) in [5.41, 5.74) is 1.04. The van der Waals surface area contributed by atoms with E-state index in [0.29, 0.717) is 6.61 Å². The van der Waals surface area contributed by atoms with Gasteiger partial charge in [-0.25, -0.2) is 4.98 Å². The van der Waals surface area contributed by atoms with Crippen LogP contribution in [0.15, 0.2) is 5.38 Å². The number of nitrogens with zero attached hydrogens (tertiary/aromatic N) is 2. The second-order valence-electron chi connectivity index (χ2n) is 4.31. The minimum Gasteiger partial charge on any atom is -0.466 e. The van der Waals surface area contributed by atoms with E-state index < -0.39 is 0 Å². The number of hydrogen-bond donors (Lipinski definition) is 0. The SMILES string of the molecule is CCOC(=O)C1CCCN(c2nc(C)cs2)C1.